The van der Waals surface area contributed by atoms with Gasteiger partial charge < -0.3 is 10.1 Å². The van der Waals surface area contributed by atoms with E-state index in [0.717, 1.165) is 33.2 Å². The number of nitrogens with one attached hydrogen (secondary N) is 1. The van der Waals surface area contributed by atoms with Gasteiger partial charge in [-0.2, -0.15) is 0 Å². The minimum absolute atomic E-state index is 0.250. The van der Waals surface area contributed by atoms with Crippen molar-refractivity contribution >= 4 is 16.9 Å². The van der Waals surface area contributed by atoms with Crippen LogP contribution in [0.3, 0.4) is 0 Å². The largest absolute Gasteiger partial charge is 0.477 e. The average molecular weight is 265 g/mol. The Morgan fingerprint density at radius 1 is 1.10 bits per heavy atom. The van der Waals surface area contributed by atoms with E-state index in [-0.39, 0.29) is 5.69 Å². The fraction of sp³-hybridized carbons (Fsp3) is 0.118. The van der Waals surface area contributed by atoms with Gasteiger partial charge in [0.25, 0.3) is 0 Å². The van der Waals surface area contributed by atoms with Gasteiger partial charge >= 0.3 is 5.97 Å². The Labute approximate surface area is 116 Å². The van der Waals surface area contributed by atoms with Crippen molar-refractivity contribution in [3.63, 3.8) is 0 Å². The number of aromatic nitrogens is 1. The zero-order valence-electron chi connectivity index (χ0n) is 11.4. The summed E-state index contributed by atoms with van der Waals surface area (Å²) in [6.45, 7) is 4.01. The van der Waals surface area contributed by atoms with Crippen molar-refractivity contribution in [2.24, 2.45) is 0 Å². The maximum absolute atomic E-state index is 11.5. The first-order valence-corrected chi connectivity index (χ1v) is 6.49. The standard InChI is InChI=1S/C17H15NO2/c1-10-7-8-11(2)13(9-10)15-12-5-3-4-6-14(12)18-16(15)17(19)20/h3-9,18H,1-2H3,(H,19,20). The molecule has 0 aliphatic carbocycles. The molecule has 100 valence electrons. The molecule has 0 amide bonds. The van der Waals surface area contributed by atoms with E-state index in [4.69, 9.17) is 0 Å². The molecule has 3 rings (SSSR count). The van der Waals surface area contributed by atoms with Crippen LogP contribution in [-0.2, 0) is 0 Å². The molecule has 1 heterocycles. The van der Waals surface area contributed by atoms with Crippen LogP contribution in [0, 0.1) is 13.8 Å². The summed E-state index contributed by atoms with van der Waals surface area (Å²) in [5, 5.41) is 10.4. The molecule has 0 aliphatic rings. The number of benzene rings is 2. The lowest BCUT2D eigenvalue weighted by Crippen LogP contribution is -1.99. The minimum atomic E-state index is -0.933. The Bertz CT molecular complexity index is 815. The molecule has 0 unspecified atom stereocenters. The number of para-hydroxylation sites is 1. The lowest BCUT2D eigenvalue weighted by atomic mass is 9.96. The van der Waals surface area contributed by atoms with Gasteiger partial charge in [0.1, 0.15) is 5.69 Å². The molecule has 2 N–H and O–H groups in total. The lowest BCUT2D eigenvalue weighted by Gasteiger charge is -2.08. The molecular formula is C17H15NO2. The van der Waals surface area contributed by atoms with Gasteiger partial charge in [0.15, 0.2) is 0 Å². The van der Waals surface area contributed by atoms with Crippen LogP contribution in [0.4, 0.5) is 0 Å². The number of carboxylic acids is 1. The molecule has 0 spiro atoms. The zero-order chi connectivity index (χ0) is 14.3. The van der Waals surface area contributed by atoms with E-state index in [0.29, 0.717) is 0 Å². The van der Waals surface area contributed by atoms with Gasteiger partial charge in [-0.3, -0.25) is 0 Å². The Hall–Kier alpha value is -2.55. The smallest absolute Gasteiger partial charge is 0.352 e. The highest BCUT2D eigenvalue weighted by Gasteiger charge is 2.19. The quantitative estimate of drug-likeness (QED) is 0.731. The monoisotopic (exact) mass is 265 g/mol. The molecule has 20 heavy (non-hydrogen) atoms. The molecular weight excluding hydrogens is 250 g/mol. The van der Waals surface area contributed by atoms with E-state index in [1.807, 2.05) is 56.3 Å². The number of aryl methyl sites for hydroxylation is 2. The van der Waals surface area contributed by atoms with Crippen LogP contribution >= 0.6 is 0 Å². The minimum Gasteiger partial charge on any atom is -0.477 e. The highest BCUT2D eigenvalue weighted by atomic mass is 16.4. The van der Waals surface area contributed by atoms with Gasteiger partial charge in [0, 0.05) is 16.5 Å². The summed E-state index contributed by atoms with van der Waals surface area (Å²) in [4.78, 5) is 14.5. The SMILES string of the molecule is Cc1ccc(C)c(-c2c(C(=O)O)[nH]c3ccccc23)c1. The van der Waals surface area contributed by atoms with Crippen molar-refractivity contribution in [2.45, 2.75) is 13.8 Å². The maximum Gasteiger partial charge on any atom is 0.352 e. The summed E-state index contributed by atoms with van der Waals surface area (Å²) < 4.78 is 0. The predicted octanol–water partition coefficient (Wildman–Crippen LogP) is 4.15. The van der Waals surface area contributed by atoms with Gasteiger partial charge in [0.05, 0.1) is 0 Å². The molecule has 0 fully saturated rings. The van der Waals surface area contributed by atoms with Crippen LogP contribution in [0.25, 0.3) is 22.0 Å². The fourth-order valence-corrected chi connectivity index (χ4v) is 2.59. The second-order valence-electron chi connectivity index (χ2n) is 5.04. The third kappa shape index (κ3) is 1.88. The van der Waals surface area contributed by atoms with E-state index < -0.39 is 5.97 Å². The number of carbonyl (C=O) groups is 1. The van der Waals surface area contributed by atoms with Crippen LogP contribution in [0.2, 0.25) is 0 Å². The van der Waals surface area contributed by atoms with E-state index >= 15 is 0 Å². The number of aromatic amines is 1. The van der Waals surface area contributed by atoms with Crippen molar-refractivity contribution in [1.82, 2.24) is 4.98 Å². The second kappa shape index (κ2) is 4.53. The molecule has 0 aliphatic heterocycles. The van der Waals surface area contributed by atoms with Crippen molar-refractivity contribution in [1.29, 1.82) is 0 Å². The van der Waals surface area contributed by atoms with Crippen molar-refractivity contribution in [3.05, 3.63) is 59.3 Å². The molecule has 1 aromatic heterocycles. The summed E-state index contributed by atoms with van der Waals surface area (Å²) in [6.07, 6.45) is 0. The number of hydrogen-bond acceptors (Lipinski definition) is 1. The highest BCUT2D eigenvalue weighted by Crippen LogP contribution is 2.34. The van der Waals surface area contributed by atoms with E-state index in [9.17, 15) is 9.90 Å². The molecule has 3 nitrogen and oxygen atoms in total. The molecule has 0 saturated heterocycles. The summed E-state index contributed by atoms with van der Waals surface area (Å²) in [6, 6.07) is 13.8. The van der Waals surface area contributed by atoms with Crippen LogP contribution in [0.15, 0.2) is 42.5 Å². The molecule has 0 saturated carbocycles. The maximum atomic E-state index is 11.5. The molecule has 2 aromatic carbocycles. The first-order chi connectivity index (χ1) is 9.58. The average Bonchev–Trinajstić information content (AvgIpc) is 2.81. The Morgan fingerprint density at radius 2 is 1.85 bits per heavy atom. The second-order valence-corrected chi connectivity index (χ2v) is 5.04. The lowest BCUT2D eigenvalue weighted by molar-refractivity contribution is 0.0692. The van der Waals surface area contributed by atoms with Gasteiger partial charge in [-0.1, -0.05) is 42.0 Å². The normalized spacial score (nSPS) is 10.9. The van der Waals surface area contributed by atoms with Crippen LogP contribution in [0.5, 0.6) is 0 Å². The summed E-state index contributed by atoms with van der Waals surface area (Å²) >= 11 is 0. The van der Waals surface area contributed by atoms with Crippen molar-refractivity contribution < 1.29 is 9.90 Å². The van der Waals surface area contributed by atoms with Crippen LogP contribution in [0.1, 0.15) is 21.6 Å². The molecule has 3 heteroatoms. The van der Waals surface area contributed by atoms with E-state index in [1.165, 1.54) is 0 Å². The Morgan fingerprint density at radius 3 is 2.60 bits per heavy atom. The van der Waals surface area contributed by atoms with Crippen LogP contribution in [-0.4, -0.2) is 16.1 Å². The topological polar surface area (TPSA) is 53.1 Å². The third-order valence-corrected chi connectivity index (χ3v) is 3.58. The van der Waals surface area contributed by atoms with Crippen molar-refractivity contribution in [2.75, 3.05) is 0 Å². The van der Waals surface area contributed by atoms with Crippen LogP contribution < -0.4 is 0 Å². The zero-order valence-corrected chi connectivity index (χ0v) is 11.4. The molecule has 0 atom stereocenters. The molecule has 3 aromatic rings. The number of carboxylic acid groups (broad SMARTS) is 1. The Balaban J connectivity index is 2.42. The number of hydrogen-bond donors (Lipinski definition) is 2. The van der Waals surface area contributed by atoms with E-state index in [1.54, 1.807) is 0 Å². The third-order valence-electron chi connectivity index (χ3n) is 3.58. The number of fused-ring (bicyclic) bond motifs is 1. The van der Waals surface area contributed by atoms with Gasteiger partial charge in [-0.25, -0.2) is 4.79 Å². The summed E-state index contributed by atoms with van der Waals surface area (Å²) in [7, 11) is 0. The van der Waals surface area contributed by atoms with Gasteiger partial charge in [-0.15, -0.1) is 0 Å². The Kier molecular flexibility index (Phi) is 2.83. The summed E-state index contributed by atoms with van der Waals surface area (Å²) in [5.74, 6) is -0.933. The predicted molar refractivity (Wildman–Crippen MR) is 80.2 cm³/mol. The van der Waals surface area contributed by atoms with Crippen molar-refractivity contribution in [3.8, 4) is 11.1 Å². The molecule has 0 radical (unpaired) electrons. The fourth-order valence-electron chi connectivity index (χ4n) is 2.59. The number of rotatable bonds is 2. The number of aromatic carboxylic acids is 1. The highest BCUT2D eigenvalue weighted by molar-refractivity contribution is 6.07. The first-order valence-electron chi connectivity index (χ1n) is 6.49. The van der Waals surface area contributed by atoms with Gasteiger partial charge in [0.2, 0.25) is 0 Å². The first kappa shape index (κ1) is 12.5. The van der Waals surface area contributed by atoms with Gasteiger partial charge in [-0.05, 0) is 31.0 Å². The summed E-state index contributed by atoms with van der Waals surface area (Å²) in [5.41, 5.74) is 5.03. The number of H-pyrrole nitrogens is 1. The molecule has 0 bridgehead atoms. The van der Waals surface area contributed by atoms with E-state index in [2.05, 4.69) is 4.98 Å².